The molecule has 0 bridgehead atoms. The summed E-state index contributed by atoms with van der Waals surface area (Å²) < 4.78 is 1.24. The van der Waals surface area contributed by atoms with Gasteiger partial charge < -0.3 is 0 Å². The van der Waals surface area contributed by atoms with Crippen molar-refractivity contribution < 1.29 is 0 Å². The number of rotatable bonds is 1. The number of hydrogen-bond donors (Lipinski definition) is 0. The van der Waals surface area contributed by atoms with E-state index < -0.39 is 0 Å². The average Bonchev–Trinajstić information content (AvgIpc) is 2.90. The van der Waals surface area contributed by atoms with Crippen LogP contribution in [0.5, 0.6) is 0 Å². The lowest BCUT2D eigenvalue weighted by Gasteiger charge is -2.02. The minimum absolute atomic E-state index is 1.08. The number of fused-ring (bicyclic) bond motifs is 2. The molecule has 4 rings (SSSR count). The van der Waals surface area contributed by atoms with E-state index in [4.69, 9.17) is 4.98 Å². The van der Waals surface area contributed by atoms with Crippen molar-refractivity contribution in [1.82, 2.24) is 4.98 Å². The molecule has 0 radical (unpaired) electrons. The van der Waals surface area contributed by atoms with Crippen molar-refractivity contribution in [3.8, 4) is 10.6 Å². The topological polar surface area (TPSA) is 12.9 Å². The second-order valence-corrected chi connectivity index (χ2v) is 6.08. The lowest BCUT2D eigenvalue weighted by molar-refractivity contribution is 1.48. The van der Waals surface area contributed by atoms with Crippen LogP contribution in [0.3, 0.4) is 0 Å². The van der Waals surface area contributed by atoms with E-state index in [9.17, 15) is 0 Å². The zero-order chi connectivity index (χ0) is 13.5. The summed E-state index contributed by atoms with van der Waals surface area (Å²) in [4.78, 5) is 4.73. The molecule has 0 saturated heterocycles. The largest absolute Gasteiger partial charge is 0.236 e. The smallest absolute Gasteiger partial charge is 0.124 e. The van der Waals surface area contributed by atoms with E-state index in [1.165, 1.54) is 26.6 Å². The average molecular weight is 275 g/mol. The van der Waals surface area contributed by atoms with Crippen LogP contribution in [0.2, 0.25) is 0 Å². The van der Waals surface area contributed by atoms with E-state index in [1.54, 1.807) is 11.3 Å². The fourth-order valence-corrected chi connectivity index (χ4v) is 3.46. The zero-order valence-electron chi connectivity index (χ0n) is 11.1. The maximum absolute atomic E-state index is 4.73. The van der Waals surface area contributed by atoms with Gasteiger partial charge in [-0.15, -0.1) is 11.3 Å². The van der Waals surface area contributed by atoms with Crippen LogP contribution in [0.15, 0.2) is 60.7 Å². The standard InChI is InChI=1S/C18H13NS/c1-12-6-7-14-11-15(9-8-13(14)10-12)18-19-16-4-2-3-5-17(16)20-18/h2-11H,1H3. The van der Waals surface area contributed by atoms with E-state index in [-0.39, 0.29) is 0 Å². The lowest BCUT2D eigenvalue weighted by Crippen LogP contribution is -1.79. The number of thiazole rings is 1. The molecule has 96 valence electrons. The highest BCUT2D eigenvalue weighted by atomic mass is 32.1. The Bertz CT molecular complexity index is 888. The Labute approximate surface area is 121 Å². The molecule has 4 aromatic rings. The summed E-state index contributed by atoms with van der Waals surface area (Å²) in [6.07, 6.45) is 0. The van der Waals surface area contributed by atoms with Gasteiger partial charge in [-0.1, -0.05) is 48.0 Å². The second-order valence-electron chi connectivity index (χ2n) is 5.05. The first-order valence-corrected chi connectivity index (χ1v) is 7.48. The number of benzene rings is 3. The Morgan fingerprint density at radius 1 is 0.850 bits per heavy atom. The quantitative estimate of drug-likeness (QED) is 0.451. The SMILES string of the molecule is Cc1ccc2cc(-c3nc4ccccc4s3)ccc2c1. The maximum atomic E-state index is 4.73. The molecule has 20 heavy (non-hydrogen) atoms. The third kappa shape index (κ3) is 1.89. The first kappa shape index (κ1) is 11.6. The first-order chi connectivity index (χ1) is 9.79. The molecule has 0 spiro atoms. The van der Waals surface area contributed by atoms with Gasteiger partial charge in [0, 0.05) is 5.56 Å². The van der Waals surface area contributed by atoms with E-state index in [2.05, 4.69) is 61.5 Å². The van der Waals surface area contributed by atoms with Crippen LogP contribution in [-0.2, 0) is 0 Å². The van der Waals surface area contributed by atoms with Crippen molar-refractivity contribution in [3.05, 3.63) is 66.2 Å². The highest BCUT2D eigenvalue weighted by molar-refractivity contribution is 7.21. The highest BCUT2D eigenvalue weighted by Gasteiger charge is 2.06. The number of hydrogen-bond acceptors (Lipinski definition) is 2. The van der Waals surface area contributed by atoms with Crippen molar-refractivity contribution in [1.29, 1.82) is 0 Å². The van der Waals surface area contributed by atoms with Gasteiger partial charge in [0.2, 0.25) is 0 Å². The highest BCUT2D eigenvalue weighted by Crippen LogP contribution is 2.31. The zero-order valence-corrected chi connectivity index (χ0v) is 11.9. The van der Waals surface area contributed by atoms with Crippen molar-refractivity contribution in [2.24, 2.45) is 0 Å². The molecule has 0 unspecified atom stereocenters. The van der Waals surface area contributed by atoms with Crippen molar-refractivity contribution in [2.75, 3.05) is 0 Å². The molecular weight excluding hydrogens is 262 g/mol. The Balaban J connectivity index is 1.90. The van der Waals surface area contributed by atoms with E-state index in [1.807, 2.05) is 6.07 Å². The summed E-state index contributed by atoms with van der Waals surface area (Å²) >= 11 is 1.75. The van der Waals surface area contributed by atoms with Gasteiger partial charge >= 0.3 is 0 Å². The fraction of sp³-hybridized carbons (Fsp3) is 0.0556. The molecule has 1 aromatic heterocycles. The Hall–Kier alpha value is -2.19. The van der Waals surface area contributed by atoms with Gasteiger partial charge in [-0.2, -0.15) is 0 Å². The minimum atomic E-state index is 1.08. The van der Waals surface area contributed by atoms with Gasteiger partial charge in [0.25, 0.3) is 0 Å². The van der Waals surface area contributed by atoms with E-state index >= 15 is 0 Å². The predicted molar refractivity (Wildman–Crippen MR) is 87.3 cm³/mol. The third-order valence-corrected chi connectivity index (χ3v) is 4.62. The number of aryl methyl sites for hydroxylation is 1. The monoisotopic (exact) mass is 275 g/mol. The molecule has 0 atom stereocenters. The van der Waals surface area contributed by atoms with Crippen LogP contribution in [0, 0.1) is 6.92 Å². The molecule has 2 heteroatoms. The van der Waals surface area contributed by atoms with Crippen LogP contribution in [0.1, 0.15) is 5.56 Å². The van der Waals surface area contributed by atoms with Crippen LogP contribution >= 0.6 is 11.3 Å². The van der Waals surface area contributed by atoms with Crippen LogP contribution in [0.25, 0.3) is 31.6 Å². The van der Waals surface area contributed by atoms with Crippen LogP contribution < -0.4 is 0 Å². The Kier molecular flexibility index (Phi) is 2.57. The summed E-state index contributed by atoms with van der Waals surface area (Å²) in [5.41, 5.74) is 3.57. The number of aromatic nitrogens is 1. The van der Waals surface area contributed by atoms with Gasteiger partial charge in [0.05, 0.1) is 10.2 Å². The Morgan fingerprint density at radius 3 is 2.55 bits per heavy atom. The summed E-state index contributed by atoms with van der Waals surface area (Å²) in [5.74, 6) is 0. The molecule has 3 aromatic carbocycles. The fourth-order valence-electron chi connectivity index (χ4n) is 2.49. The first-order valence-electron chi connectivity index (χ1n) is 6.66. The third-order valence-electron chi connectivity index (χ3n) is 3.54. The van der Waals surface area contributed by atoms with Gasteiger partial charge in [-0.3, -0.25) is 0 Å². The molecule has 0 N–H and O–H groups in total. The summed E-state index contributed by atoms with van der Waals surface area (Å²) in [6, 6.07) is 21.4. The van der Waals surface area contributed by atoms with Crippen molar-refractivity contribution in [3.63, 3.8) is 0 Å². The van der Waals surface area contributed by atoms with Gasteiger partial charge in [-0.05, 0) is 35.9 Å². The minimum Gasteiger partial charge on any atom is -0.236 e. The molecule has 0 aliphatic rings. The summed E-state index contributed by atoms with van der Waals surface area (Å²) in [6.45, 7) is 2.13. The second kappa shape index (κ2) is 4.43. The van der Waals surface area contributed by atoms with Gasteiger partial charge in [0.1, 0.15) is 5.01 Å². The molecule has 0 aliphatic heterocycles. The van der Waals surface area contributed by atoms with Crippen LogP contribution in [-0.4, -0.2) is 4.98 Å². The van der Waals surface area contributed by atoms with Crippen LogP contribution in [0.4, 0.5) is 0 Å². The normalized spacial score (nSPS) is 11.2. The number of para-hydroxylation sites is 1. The maximum Gasteiger partial charge on any atom is 0.124 e. The Morgan fingerprint density at radius 2 is 1.65 bits per heavy atom. The summed E-state index contributed by atoms with van der Waals surface area (Å²) in [5, 5.41) is 3.65. The number of nitrogens with zero attached hydrogens (tertiary/aromatic N) is 1. The lowest BCUT2D eigenvalue weighted by atomic mass is 10.1. The van der Waals surface area contributed by atoms with Crippen molar-refractivity contribution >= 4 is 32.3 Å². The van der Waals surface area contributed by atoms with E-state index in [0.29, 0.717) is 0 Å². The molecule has 0 fully saturated rings. The molecule has 0 aliphatic carbocycles. The molecule has 1 heterocycles. The molecule has 0 saturated carbocycles. The molecular formula is C18H13NS. The van der Waals surface area contributed by atoms with Crippen molar-refractivity contribution in [2.45, 2.75) is 6.92 Å². The predicted octanol–water partition coefficient (Wildman–Crippen LogP) is 5.42. The van der Waals surface area contributed by atoms with Gasteiger partial charge in [0.15, 0.2) is 0 Å². The van der Waals surface area contributed by atoms with E-state index in [0.717, 1.165) is 10.5 Å². The van der Waals surface area contributed by atoms with Gasteiger partial charge in [-0.25, -0.2) is 4.98 Å². The molecule has 0 amide bonds. The molecule has 1 nitrogen and oxygen atoms in total. The summed E-state index contributed by atoms with van der Waals surface area (Å²) in [7, 11) is 0.